The number of para-hydroxylation sites is 1. The highest BCUT2D eigenvalue weighted by molar-refractivity contribution is 6.39. The summed E-state index contributed by atoms with van der Waals surface area (Å²) < 4.78 is 5.31. The lowest BCUT2D eigenvalue weighted by Gasteiger charge is -2.26. The number of aromatic nitrogens is 1. The molecule has 2 N–H and O–H groups in total. The van der Waals surface area contributed by atoms with E-state index in [0.717, 1.165) is 32.8 Å². The van der Waals surface area contributed by atoms with Gasteiger partial charge in [-0.05, 0) is 24.3 Å². The molecular formula is C18H20Cl2N4O2. The van der Waals surface area contributed by atoms with Crippen LogP contribution in [-0.4, -0.2) is 55.2 Å². The molecule has 1 aromatic carbocycles. The highest BCUT2D eigenvalue weighted by Crippen LogP contribution is 2.32. The van der Waals surface area contributed by atoms with E-state index in [0.29, 0.717) is 33.7 Å². The molecule has 0 spiro atoms. The molecule has 6 nitrogen and oxygen atoms in total. The second-order valence-electron chi connectivity index (χ2n) is 5.86. The van der Waals surface area contributed by atoms with Gasteiger partial charge in [-0.25, -0.2) is 4.98 Å². The molecule has 1 aliphatic heterocycles. The average Bonchev–Trinajstić information content (AvgIpc) is 2.66. The zero-order chi connectivity index (χ0) is 18.4. The molecule has 0 aliphatic carbocycles. The smallest absolute Gasteiger partial charge is 0.251 e. The van der Waals surface area contributed by atoms with E-state index in [2.05, 4.69) is 20.5 Å². The van der Waals surface area contributed by atoms with E-state index in [1.807, 2.05) is 0 Å². The van der Waals surface area contributed by atoms with E-state index in [9.17, 15) is 4.79 Å². The number of pyridine rings is 1. The molecule has 0 bridgehead atoms. The van der Waals surface area contributed by atoms with Crippen LogP contribution in [0.3, 0.4) is 0 Å². The molecule has 26 heavy (non-hydrogen) atoms. The van der Waals surface area contributed by atoms with Gasteiger partial charge in [0.05, 0.1) is 28.9 Å². The van der Waals surface area contributed by atoms with Crippen LogP contribution >= 0.6 is 23.2 Å². The zero-order valence-electron chi connectivity index (χ0n) is 14.2. The lowest BCUT2D eigenvalue weighted by molar-refractivity contribution is 0.0383. The number of benzene rings is 1. The summed E-state index contributed by atoms with van der Waals surface area (Å²) in [6.45, 7) is 4.69. The van der Waals surface area contributed by atoms with Crippen LogP contribution in [0.1, 0.15) is 10.4 Å². The van der Waals surface area contributed by atoms with E-state index in [1.165, 1.54) is 0 Å². The van der Waals surface area contributed by atoms with Gasteiger partial charge < -0.3 is 15.4 Å². The Kier molecular flexibility index (Phi) is 6.68. The number of carbonyl (C=O) groups is 1. The summed E-state index contributed by atoms with van der Waals surface area (Å²) in [5.41, 5.74) is 1.08. The third kappa shape index (κ3) is 5.08. The number of amides is 1. The van der Waals surface area contributed by atoms with Gasteiger partial charge in [0, 0.05) is 37.9 Å². The number of nitrogens with one attached hydrogen (secondary N) is 2. The van der Waals surface area contributed by atoms with Crippen molar-refractivity contribution in [3.8, 4) is 0 Å². The van der Waals surface area contributed by atoms with Gasteiger partial charge in [-0.2, -0.15) is 0 Å². The van der Waals surface area contributed by atoms with E-state index in [-0.39, 0.29) is 5.91 Å². The molecule has 3 rings (SSSR count). The number of halogens is 2. The third-order valence-corrected chi connectivity index (χ3v) is 4.69. The molecule has 0 saturated carbocycles. The van der Waals surface area contributed by atoms with Crippen molar-refractivity contribution < 1.29 is 9.53 Å². The van der Waals surface area contributed by atoms with E-state index >= 15 is 0 Å². The number of anilines is 2. The molecule has 1 aliphatic rings. The quantitative estimate of drug-likeness (QED) is 0.787. The number of nitrogens with zero attached hydrogens (tertiary/aromatic N) is 2. The number of hydrogen-bond donors (Lipinski definition) is 2. The number of rotatable bonds is 6. The van der Waals surface area contributed by atoms with Crippen LogP contribution in [-0.2, 0) is 4.74 Å². The summed E-state index contributed by atoms with van der Waals surface area (Å²) in [5, 5.41) is 6.97. The van der Waals surface area contributed by atoms with Crippen molar-refractivity contribution in [1.82, 2.24) is 15.2 Å². The van der Waals surface area contributed by atoms with Gasteiger partial charge >= 0.3 is 0 Å². The molecule has 1 aromatic heterocycles. The number of hydrogen-bond acceptors (Lipinski definition) is 5. The Bertz CT molecular complexity index is 746. The van der Waals surface area contributed by atoms with Gasteiger partial charge in [-0.15, -0.1) is 0 Å². The molecule has 138 valence electrons. The van der Waals surface area contributed by atoms with Gasteiger partial charge in [-0.3, -0.25) is 9.69 Å². The largest absolute Gasteiger partial charge is 0.379 e. The summed E-state index contributed by atoms with van der Waals surface area (Å²) in [7, 11) is 0. The van der Waals surface area contributed by atoms with E-state index < -0.39 is 0 Å². The summed E-state index contributed by atoms with van der Waals surface area (Å²) in [6, 6.07) is 8.57. The fraction of sp³-hybridized carbons (Fsp3) is 0.333. The first-order valence-corrected chi connectivity index (χ1v) is 9.14. The summed E-state index contributed by atoms with van der Waals surface area (Å²) in [4.78, 5) is 18.9. The molecule has 2 heterocycles. The molecule has 1 fully saturated rings. The predicted molar refractivity (Wildman–Crippen MR) is 104 cm³/mol. The van der Waals surface area contributed by atoms with Gasteiger partial charge in [-0.1, -0.05) is 29.3 Å². The van der Waals surface area contributed by atoms with Crippen LogP contribution in [0.15, 0.2) is 36.5 Å². The second-order valence-corrected chi connectivity index (χ2v) is 6.68. The summed E-state index contributed by atoms with van der Waals surface area (Å²) in [5.74, 6) is 0.356. The van der Waals surface area contributed by atoms with Crippen molar-refractivity contribution >= 4 is 40.6 Å². The highest BCUT2D eigenvalue weighted by atomic mass is 35.5. The maximum Gasteiger partial charge on any atom is 0.251 e. The van der Waals surface area contributed by atoms with E-state index in [1.54, 1.807) is 36.5 Å². The summed E-state index contributed by atoms with van der Waals surface area (Å²) in [6.07, 6.45) is 1.57. The first kappa shape index (κ1) is 18.9. The minimum atomic E-state index is -0.144. The van der Waals surface area contributed by atoms with Gasteiger partial charge in [0.2, 0.25) is 0 Å². The Morgan fingerprint density at radius 3 is 2.65 bits per heavy atom. The van der Waals surface area contributed by atoms with Crippen LogP contribution in [0.2, 0.25) is 10.0 Å². The molecule has 2 aromatic rings. The average molecular weight is 395 g/mol. The van der Waals surface area contributed by atoms with Gasteiger partial charge in [0.25, 0.3) is 5.91 Å². The Morgan fingerprint density at radius 1 is 1.19 bits per heavy atom. The van der Waals surface area contributed by atoms with Crippen LogP contribution < -0.4 is 10.6 Å². The predicted octanol–water partition coefficient (Wildman–Crippen LogP) is 3.19. The van der Waals surface area contributed by atoms with Crippen molar-refractivity contribution in [2.75, 3.05) is 44.7 Å². The normalized spacial score (nSPS) is 14.8. The fourth-order valence-electron chi connectivity index (χ4n) is 2.64. The Hall–Kier alpha value is -1.86. The van der Waals surface area contributed by atoms with Crippen molar-refractivity contribution in [3.63, 3.8) is 0 Å². The highest BCUT2D eigenvalue weighted by Gasteiger charge is 2.12. The maximum atomic E-state index is 12.4. The van der Waals surface area contributed by atoms with Crippen molar-refractivity contribution in [2.24, 2.45) is 0 Å². The number of carbonyl (C=O) groups excluding carboxylic acids is 1. The van der Waals surface area contributed by atoms with Crippen LogP contribution in [0.5, 0.6) is 0 Å². The van der Waals surface area contributed by atoms with Crippen molar-refractivity contribution in [1.29, 1.82) is 0 Å². The van der Waals surface area contributed by atoms with Crippen molar-refractivity contribution in [3.05, 3.63) is 52.1 Å². The topological polar surface area (TPSA) is 66.5 Å². The third-order valence-electron chi connectivity index (χ3n) is 4.06. The lowest BCUT2D eigenvalue weighted by Crippen LogP contribution is -2.41. The van der Waals surface area contributed by atoms with Gasteiger partial charge in [0.1, 0.15) is 5.82 Å². The molecule has 1 amide bonds. The van der Waals surface area contributed by atoms with Crippen LogP contribution in [0.4, 0.5) is 11.5 Å². The molecule has 0 radical (unpaired) electrons. The van der Waals surface area contributed by atoms with E-state index in [4.69, 9.17) is 27.9 Å². The van der Waals surface area contributed by atoms with Crippen LogP contribution in [0, 0.1) is 0 Å². The monoisotopic (exact) mass is 394 g/mol. The second kappa shape index (κ2) is 9.19. The summed E-state index contributed by atoms with van der Waals surface area (Å²) >= 11 is 12.3. The Morgan fingerprint density at radius 2 is 1.92 bits per heavy atom. The molecule has 8 heteroatoms. The Balaban J connectivity index is 1.58. The first-order chi connectivity index (χ1) is 12.6. The molecule has 0 unspecified atom stereocenters. The van der Waals surface area contributed by atoms with Gasteiger partial charge in [0.15, 0.2) is 0 Å². The number of ether oxygens (including phenoxy) is 1. The minimum absolute atomic E-state index is 0.144. The maximum absolute atomic E-state index is 12.4. The zero-order valence-corrected chi connectivity index (χ0v) is 15.7. The number of morpholine rings is 1. The van der Waals surface area contributed by atoms with Crippen LogP contribution in [0.25, 0.3) is 0 Å². The fourth-order valence-corrected chi connectivity index (χ4v) is 3.13. The molecule has 1 saturated heterocycles. The standard InChI is InChI=1S/C18H20Cl2N4O2/c19-14-2-1-3-15(20)17(14)23-16-12-13(4-5-21-16)18(25)22-6-7-24-8-10-26-11-9-24/h1-5,12H,6-11H2,(H,21,23)(H,22,25). The molecule has 0 atom stereocenters. The lowest BCUT2D eigenvalue weighted by atomic mass is 10.2. The van der Waals surface area contributed by atoms with Crippen molar-refractivity contribution in [2.45, 2.75) is 0 Å². The Labute approximate surface area is 162 Å². The first-order valence-electron chi connectivity index (χ1n) is 8.39. The SMILES string of the molecule is O=C(NCCN1CCOCC1)c1ccnc(Nc2c(Cl)cccc2Cl)c1. The molecular weight excluding hydrogens is 375 g/mol. The minimum Gasteiger partial charge on any atom is -0.379 e.